The maximum atomic E-state index is 13.5. The smallest absolute Gasteiger partial charge is 0.279 e. The highest BCUT2D eigenvalue weighted by Crippen LogP contribution is 2.42. The van der Waals surface area contributed by atoms with E-state index in [4.69, 9.17) is 16.3 Å². The number of carbonyl (C=O) groups is 1. The quantitative estimate of drug-likeness (QED) is 0.529. The first-order valence-corrected chi connectivity index (χ1v) is 12.4. The zero-order valence-corrected chi connectivity index (χ0v) is 21.1. The molecule has 1 aliphatic carbocycles. The number of halogens is 1. The SMILES string of the molecule is CCC(C(=O)Nc1cc(Cl)ccc1OC)n1nnc2sc3c(c2c1=O)CCC(C(C)(C)C)C3. The third-order valence-electron chi connectivity index (χ3n) is 6.53. The van der Waals surface area contributed by atoms with Gasteiger partial charge in [-0.05, 0) is 60.8 Å². The zero-order chi connectivity index (χ0) is 23.9. The van der Waals surface area contributed by atoms with E-state index in [0.717, 1.165) is 24.8 Å². The summed E-state index contributed by atoms with van der Waals surface area (Å²) in [5.74, 6) is 0.678. The van der Waals surface area contributed by atoms with Crippen molar-refractivity contribution in [2.45, 2.75) is 59.4 Å². The second-order valence-electron chi connectivity index (χ2n) is 9.59. The molecule has 0 fully saturated rings. The summed E-state index contributed by atoms with van der Waals surface area (Å²) in [6, 6.07) is 4.17. The van der Waals surface area contributed by atoms with Gasteiger partial charge in [-0.15, -0.1) is 16.4 Å². The van der Waals surface area contributed by atoms with E-state index in [2.05, 4.69) is 36.4 Å². The standard InChI is InChI=1S/C24H29ClN4O3S/c1-6-17(21(30)26-16-12-14(25)8-10-18(16)32-5)29-23(31)20-15-9-7-13(24(2,3)4)11-19(15)33-22(20)27-28-29/h8,10,12-13,17H,6-7,9,11H2,1-5H3,(H,26,30). The lowest BCUT2D eigenvalue weighted by molar-refractivity contribution is -0.119. The summed E-state index contributed by atoms with van der Waals surface area (Å²) < 4.78 is 6.54. The molecule has 2 aromatic heterocycles. The number of carbonyl (C=O) groups excluding carboxylic acids is 1. The lowest BCUT2D eigenvalue weighted by Crippen LogP contribution is -2.35. The number of benzene rings is 1. The van der Waals surface area contributed by atoms with Crippen molar-refractivity contribution in [3.63, 3.8) is 0 Å². The van der Waals surface area contributed by atoms with Crippen molar-refractivity contribution in [1.29, 1.82) is 0 Å². The fraction of sp³-hybridized carbons (Fsp3) is 0.500. The molecule has 2 heterocycles. The first-order valence-electron chi connectivity index (χ1n) is 11.2. The van der Waals surface area contributed by atoms with Crippen molar-refractivity contribution in [1.82, 2.24) is 15.0 Å². The Balaban J connectivity index is 1.69. The van der Waals surface area contributed by atoms with E-state index in [-0.39, 0.29) is 16.9 Å². The summed E-state index contributed by atoms with van der Waals surface area (Å²) in [5.41, 5.74) is 1.48. The molecule has 1 amide bonds. The lowest BCUT2D eigenvalue weighted by atomic mass is 9.72. The van der Waals surface area contributed by atoms with Crippen molar-refractivity contribution >= 4 is 44.7 Å². The Hall–Kier alpha value is -2.45. The van der Waals surface area contributed by atoms with E-state index in [1.165, 1.54) is 16.7 Å². The number of hydrogen-bond donors (Lipinski definition) is 1. The number of anilines is 1. The molecule has 0 radical (unpaired) electrons. The summed E-state index contributed by atoms with van der Waals surface area (Å²) in [4.78, 5) is 28.6. The molecule has 0 saturated carbocycles. The number of rotatable bonds is 5. The van der Waals surface area contributed by atoms with Crippen LogP contribution in [0.4, 0.5) is 5.69 Å². The molecule has 2 atom stereocenters. The number of thiophene rings is 1. The number of methoxy groups -OCH3 is 1. The van der Waals surface area contributed by atoms with E-state index >= 15 is 0 Å². The van der Waals surface area contributed by atoms with Crippen LogP contribution in [-0.2, 0) is 17.6 Å². The third kappa shape index (κ3) is 4.51. The molecule has 2 unspecified atom stereocenters. The van der Waals surface area contributed by atoms with Gasteiger partial charge in [-0.1, -0.05) is 44.5 Å². The first kappa shape index (κ1) is 23.7. The highest BCUT2D eigenvalue weighted by Gasteiger charge is 2.33. The monoisotopic (exact) mass is 488 g/mol. The van der Waals surface area contributed by atoms with E-state index < -0.39 is 6.04 Å². The number of nitrogens with one attached hydrogen (secondary N) is 1. The zero-order valence-electron chi connectivity index (χ0n) is 19.6. The van der Waals surface area contributed by atoms with Gasteiger partial charge in [-0.25, -0.2) is 0 Å². The van der Waals surface area contributed by atoms with Crippen LogP contribution in [0.3, 0.4) is 0 Å². The molecule has 0 spiro atoms. The number of ether oxygens (including phenoxy) is 1. The highest BCUT2D eigenvalue weighted by atomic mass is 35.5. The number of aryl methyl sites for hydroxylation is 1. The third-order valence-corrected chi connectivity index (χ3v) is 7.90. The summed E-state index contributed by atoms with van der Waals surface area (Å²) in [5, 5.41) is 12.4. The van der Waals surface area contributed by atoms with Gasteiger partial charge in [0.05, 0.1) is 18.2 Å². The summed E-state index contributed by atoms with van der Waals surface area (Å²) in [6.45, 7) is 8.64. The van der Waals surface area contributed by atoms with Crippen LogP contribution >= 0.6 is 22.9 Å². The Morgan fingerprint density at radius 1 is 1.39 bits per heavy atom. The molecule has 1 N–H and O–H groups in total. The van der Waals surface area contributed by atoms with Crippen molar-refractivity contribution < 1.29 is 9.53 Å². The van der Waals surface area contributed by atoms with E-state index in [1.807, 2.05) is 6.92 Å². The molecule has 0 aliphatic heterocycles. The maximum Gasteiger partial charge on any atom is 0.279 e. The molecule has 3 aromatic rings. The van der Waals surface area contributed by atoms with Gasteiger partial charge in [0.2, 0.25) is 5.91 Å². The van der Waals surface area contributed by atoms with Gasteiger partial charge in [0.25, 0.3) is 5.56 Å². The van der Waals surface area contributed by atoms with Crippen molar-refractivity contribution in [3.05, 3.63) is 44.0 Å². The fourth-order valence-electron chi connectivity index (χ4n) is 4.51. The Morgan fingerprint density at radius 3 is 2.82 bits per heavy atom. The van der Waals surface area contributed by atoms with Gasteiger partial charge in [-0.3, -0.25) is 9.59 Å². The molecule has 0 saturated heterocycles. The van der Waals surface area contributed by atoms with Crippen LogP contribution in [0.25, 0.3) is 10.2 Å². The molecule has 1 aromatic carbocycles. The van der Waals surface area contributed by atoms with Gasteiger partial charge in [0, 0.05) is 9.90 Å². The molecule has 33 heavy (non-hydrogen) atoms. The van der Waals surface area contributed by atoms with Crippen molar-refractivity contribution in [2.75, 3.05) is 12.4 Å². The molecule has 7 nitrogen and oxygen atoms in total. The highest BCUT2D eigenvalue weighted by molar-refractivity contribution is 7.18. The molecular formula is C24H29ClN4O3S. The van der Waals surface area contributed by atoms with Gasteiger partial charge < -0.3 is 10.1 Å². The average molecular weight is 489 g/mol. The predicted molar refractivity (Wildman–Crippen MR) is 133 cm³/mol. The molecule has 9 heteroatoms. The van der Waals surface area contributed by atoms with E-state index in [9.17, 15) is 9.59 Å². The predicted octanol–water partition coefficient (Wildman–Crippen LogP) is 5.26. The summed E-state index contributed by atoms with van der Waals surface area (Å²) in [7, 11) is 1.52. The Morgan fingerprint density at radius 2 is 2.15 bits per heavy atom. The van der Waals surface area contributed by atoms with E-state index in [0.29, 0.717) is 39.0 Å². The Kier molecular flexibility index (Phi) is 6.51. The van der Waals surface area contributed by atoms with Gasteiger partial charge >= 0.3 is 0 Å². The lowest BCUT2D eigenvalue weighted by Gasteiger charge is -2.33. The first-order chi connectivity index (χ1) is 15.6. The molecule has 0 bridgehead atoms. The molecule has 1 aliphatic rings. The van der Waals surface area contributed by atoms with Crippen LogP contribution in [0.2, 0.25) is 5.02 Å². The minimum absolute atomic E-state index is 0.215. The van der Waals surface area contributed by atoms with Crippen LogP contribution in [0, 0.1) is 11.3 Å². The topological polar surface area (TPSA) is 86.1 Å². The molecular weight excluding hydrogens is 460 g/mol. The van der Waals surface area contributed by atoms with Gasteiger partial charge in [0.1, 0.15) is 11.8 Å². The minimum atomic E-state index is -0.806. The largest absolute Gasteiger partial charge is 0.495 e. The van der Waals surface area contributed by atoms with Gasteiger partial charge in [0.15, 0.2) is 4.83 Å². The summed E-state index contributed by atoms with van der Waals surface area (Å²) >= 11 is 7.65. The maximum absolute atomic E-state index is 13.5. The second-order valence-corrected chi connectivity index (χ2v) is 11.1. The number of nitrogens with zero attached hydrogens (tertiary/aromatic N) is 3. The molecule has 4 rings (SSSR count). The average Bonchev–Trinajstić information content (AvgIpc) is 3.14. The van der Waals surface area contributed by atoms with Crippen LogP contribution in [0.1, 0.15) is 57.0 Å². The Bertz CT molecular complexity index is 1260. The van der Waals surface area contributed by atoms with Gasteiger partial charge in [-0.2, -0.15) is 4.68 Å². The van der Waals surface area contributed by atoms with Crippen molar-refractivity contribution in [3.8, 4) is 5.75 Å². The number of fused-ring (bicyclic) bond motifs is 3. The van der Waals surface area contributed by atoms with Crippen LogP contribution < -0.4 is 15.6 Å². The van der Waals surface area contributed by atoms with Crippen LogP contribution in [-0.4, -0.2) is 28.0 Å². The number of hydrogen-bond acceptors (Lipinski definition) is 6. The van der Waals surface area contributed by atoms with Crippen molar-refractivity contribution in [2.24, 2.45) is 11.3 Å². The number of amides is 1. The summed E-state index contributed by atoms with van der Waals surface area (Å²) in [6.07, 6.45) is 3.22. The second kappa shape index (κ2) is 9.06. The fourth-order valence-corrected chi connectivity index (χ4v) is 5.92. The van der Waals surface area contributed by atoms with Crippen LogP contribution in [0.5, 0.6) is 5.75 Å². The number of aromatic nitrogens is 3. The van der Waals surface area contributed by atoms with E-state index in [1.54, 1.807) is 29.5 Å². The molecule has 176 valence electrons. The minimum Gasteiger partial charge on any atom is -0.495 e. The normalized spacial score (nSPS) is 17.0. The van der Waals surface area contributed by atoms with Crippen LogP contribution in [0.15, 0.2) is 23.0 Å². The Labute approximate surface area is 202 Å².